The third-order valence-corrected chi connectivity index (χ3v) is 7.17. The first kappa shape index (κ1) is 24.5. The molecule has 2 aromatic carbocycles. The van der Waals surface area contributed by atoms with Crippen LogP contribution in [0.3, 0.4) is 0 Å². The third-order valence-electron chi connectivity index (χ3n) is 6.04. The fourth-order valence-electron chi connectivity index (χ4n) is 4.08. The number of aliphatic hydroxyl groups is 1. The van der Waals surface area contributed by atoms with E-state index >= 15 is 0 Å². The van der Waals surface area contributed by atoms with E-state index in [0.29, 0.717) is 28.7 Å². The van der Waals surface area contributed by atoms with Crippen LogP contribution in [-0.4, -0.2) is 39.1 Å². The summed E-state index contributed by atoms with van der Waals surface area (Å²) in [5.41, 5.74) is 4.84. The maximum absolute atomic E-state index is 13.6. The molecular weight excluding hydrogens is 493 g/mol. The maximum Gasteiger partial charge on any atom is 0.223 e. The number of nitrogens with zero attached hydrogens (tertiary/aromatic N) is 4. The maximum atomic E-state index is 13.6. The average Bonchev–Trinajstić information content (AvgIpc) is 3.27. The number of sulfone groups is 1. The molecule has 0 aliphatic carbocycles. The number of nitrogens with one attached hydrogen (secondary N) is 1. The van der Waals surface area contributed by atoms with Gasteiger partial charge in [0, 0.05) is 24.2 Å². The van der Waals surface area contributed by atoms with Gasteiger partial charge in [-0.05, 0) is 72.6 Å². The molecule has 0 aliphatic heterocycles. The number of hydrogen-bond donors (Lipinski definition) is 2. The van der Waals surface area contributed by atoms with E-state index in [1.807, 2.05) is 17.5 Å². The van der Waals surface area contributed by atoms with Crippen LogP contribution in [0.25, 0.3) is 28.3 Å². The van der Waals surface area contributed by atoms with E-state index in [1.165, 1.54) is 18.4 Å². The molecule has 37 heavy (non-hydrogen) atoms. The molecule has 188 valence electrons. The molecule has 3 heterocycles. The molecule has 5 aromatic rings. The number of rotatable bonds is 7. The van der Waals surface area contributed by atoms with Gasteiger partial charge >= 0.3 is 0 Å². The zero-order valence-electron chi connectivity index (χ0n) is 20.1. The SMILES string of the molecule is CC(Nc1nccc(-c2c(-c3ccc(F)cc3)nc3cc(CO)ccn23)n1)c1ccc(S(C)(=O)=O)cc1. The lowest BCUT2D eigenvalue weighted by Crippen LogP contribution is -2.10. The lowest BCUT2D eigenvalue weighted by atomic mass is 10.1. The fraction of sp³-hybridized carbons (Fsp3) is 0.148. The van der Waals surface area contributed by atoms with Gasteiger partial charge in [-0.2, -0.15) is 0 Å². The van der Waals surface area contributed by atoms with Crippen molar-refractivity contribution < 1.29 is 17.9 Å². The monoisotopic (exact) mass is 517 g/mol. The second-order valence-electron chi connectivity index (χ2n) is 8.71. The number of anilines is 1. The van der Waals surface area contributed by atoms with Gasteiger partial charge in [0.05, 0.1) is 34.6 Å². The summed E-state index contributed by atoms with van der Waals surface area (Å²) in [6.45, 7) is 1.81. The van der Waals surface area contributed by atoms with E-state index < -0.39 is 9.84 Å². The zero-order chi connectivity index (χ0) is 26.2. The molecule has 0 amide bonds. The van der Waals surface area contributed by atoms with Crippen molar-refractivity contribution >= 4 is 21.4 Å². The Balaban J connectivity index is 1.53. The molecule has 0 bridgehead atoms. The topological polar surface area (TPSA) is 109 Å². The molecule has 0 fully saturated rings. The second-order valence-corrected chi connectivity index (χ2v) is 10.7. The van der Waals surface area contributed by atoms with Crippen molar-refractivity contribution in [1.82, 2.24) is 19.4 Å². The number of imidazole rings is 1. The van der Waals surface area contributed by atoms with Crippen LogP contribution in [-0.2, 0) is 16.4 Å². The summed E-state index contributed by atoms with van der Waals surface area (Å²) in [5.74, 6) is 0.0351. The molecule has 10 heteroatoms. The van der Waals surface area contributed by atoms with Crippen molar-refractivity contribution in [2.24, 2.45) is 0 Å². The summed E-state index contributed by atoms with van der Waals surface area (Å²) >= 11 is 0. The number of fused-ring (bicyclic) bond motifs is 1. The van der Waals surface area contributed by atoms with Crippen LogP contribution in [0.1, 0.15) is 24.1 Å². The number of aliphatic hydroxyl groups excluding tert-OH is 1. The second kappa shape index (κ2) is 9.72. The van der Waals surface area contributed by atoms with E-state index in [-0.39, 0.29) is 23.4 Å². The van der Waals surface area contributed by atoms with Crippen LogP contribution >= 0.6 is 0 Å². The minimum Gasteiger partial charge on any atom is -0.392 e. The van der Waals surface area contributed by atoms with E-state index in [1.54, 1.807) is 60.8 Å². The van der Waals surface area contributed by atoms with Gasteiger partial charge in [0.2, 0.25) is 5.95 Å². The van der Waals surface area contributed by atoms with Crippen molar-refractivity contribution in [3.8, 4) is 22.6 Å². The Morgan fingerprint density at radius 2 is 1.76 bits per heavy atom. The van der Waals surface area contributed by atoms with E-state index in [0.717, 1.165) is 16.7 Å². The molecule has 0 aliphatic rings. The summed E-state index contributed by atoms with van der Waals surface area (Å²) in [6, 6.07) is 17.9. The smallest absolute Gasteiger partial charge is 0.223 e. The molecule has 0 saturated heterocycles. The molecule has 1 unspecified atom stereocenters. The molecule has 0 spiro atoms. The predicted molar refractivity (Wildman–Crippen MR) is 139 cm³/mol. The van der Waals surface area contributed by atoms with Crippen LogP contribution in [0.5, 0.6) is 0 Å². The minimum atomic E-state index is -3.27. The molecule has 3 aromatic heterocycles. The molecule has 5 rings (SSSR count). The van der Waals surface area contributed by atoms with Gasteiger partial charge in [-0.3, -0.25) is 4.40 Å². The number of benzene rings is 2. The summed E-state index contributed by atoms with van der Waals surface area (Å²) in [6.07, 6.45) is 4.63. The Bertz CT molecular complexity index is 1680. The molecule has 0 saturated carbocycles. The van der Waals surface area contributed by atoms with Gasteiger partial charge in [-0.25, -0.2) is 27.8 Å². The Morgan fingerprint density at radius 1 is 1.03 bits per heavy atom. The lowest BCUT2D eigenvalue weighted by Gasteiger charge is -2.15. The van der Waals surface area contributed by atoms with Gasteiger partial charge in [0.25, 0.3) is 0 Å². The first-order valence-corrected chi connectivity index (χ1v) is 13.4. The molecule has 2 N–H and O–H groups in total. The van der Waals surface area contributed by atoms with Crippen LogP contribution in [0.2, 0.25) is 0 Å². The summed E-state index contributed by atoms with van der Waals surface area (Å²) in [7, 11) is -3.27. The fourth-order valence-corrected chi connectivity index (χ4v) is 4.71. The molecule has 0 radical (unpaired) electrons. The van der Waals surface area contributed by atoms with Gasteiger partial charge < -0.3 is 10.4 Å². The Hall–Kier alpha value is -4.15. The number of hydrogen-bond acceptors (Lipinski definition) is 7. The highest BCUT2D eigenvalue weighted by Gasteiger charge is 2.19. The number of pyridine rings is 1. The largest absolute Gasteiger partial charge is 0.392 e. The van der Waals surface area contributed by atoms with E-state index in [9.17, 15) is 17.9 Å². The van der Waals surface area contributed by atoms with Crippen molar-refractivity contribution in [3.05, 3.63) is 96.1 Å². The third kappa shape index (κ3) is 5.07. The van der Waals surface area contributed by atoms with Crippen molar-refractivity contribution in [3.63, 3.8) is 0 Å². The van der Waals surface area contributed by atoms with Crippen LogP contribution in [0, 0.1) is 5.82 Å². The highest BCUT2D eigenvalue weighted by molar-refractivity contribution is 7.90. The summed E-state index contributed by atoms with van der Waals surface area (Å²) in [5, 5.41) is 12.8. The molecule has 1 atom stereocenters. The first-order valence-electron chi connectivity index (χ1n) is 11.5. The normalized spacial score (nSPS) is 12.5. The van der Waals surface area contributed by atoms with Gasteiger partial charge in [0.15, 0.2) is 9.84 Å². The Labute approximate surface area is 213 Å². The molecule has 8 nitrogen and oxygen atoms in total. The average molecular weight is 518 g/mol. The number of halogens is 1. The van der Waals surface area contributed by atoms with Crippen molar-refractivity contribution in [1.29, 1.82) is 0 Å². The van der Waals surface area contributed by atoms with Crippen molar-refractivity contribution in [2.45, 2.75) is 24.5 Å². The Kier molecular flexibility index (Phi) is 6.45. The van der Waals surface area contributed by atoms with Gasteiger partial charge in [-0.1, -0.05) is 12.1 Å². The van der Waals surface area contributed by atoms with Crippen LogP contribution < -0.4 is 5.32 Å². The highest BCUT2D eigenvalue weighted by atomic mass is 32.2. The van der Waals surface area contributed by atoms with Gasteiger partial charge in [0.1, 0.15) is 11.5 Å². The first-order chi connectivity index (χ1) is 17.7. The van der Waals surface area contributed by atoms with E-state index in [4.69, 9.17) is 9.97 Å². The highest BCUT2D eigenvalue weighted by Crippen LogP contribution is 2.33. The zero-order valence-corrected chi connectivity index (χ0v) is 20.9. The minimum absolute atomic E-state index is 0.116. The molecular formula is C27H24FN5O3S. The van der Waals surface area contributed by atoms with E-state index in [2.05, 4.69) is 10.3 Å². The number of aromatic nitrogens is 4. The predicted octanol–water partition coefficient (Wildman–Crippen LogP) is 4.67. The van der Waals surface area contributed by atoms with Crippen molar-refractivity contribution in [2.75, 3.05) is 11.6 Å². The van der Waals surface area contributed by atoms with Crippen LogP contribution in [0.15, 0.2) is 84.0 Å². The Morgan fingerprint density at radius 3 is 2.43 bits per heavy atom. The lowest BCUT2D eigenvalue weighted by molar-refractivity contribution is 0.282. The standard InChI is InChI=1S/C27H24FN5O3S/c1-17(19-5-9-22(10-6-19)37(2,35)36)30-27-29-13-11-23(31-27)26-25(20-3-7-21(28)8-4-20)32-24-15-18(16-34)12-14-33(24)26/h3-15,17,34H,16H2,1-2H3,(H,29,30,31). The van der Waals surface area contributed by atoms with Gasteiger partial charge in [-0.15, -0.1) is 0 Å². The summed E-state index contributed by atoms with van der Waals surface area (Å²) < 4.78 is 39.0. The summed E-state index contributed by atoms with van der Waals surface area (Å²) in [4.78, 5) is 14.1. The quantitative estimate of drug-likeness (QED) is 0.323. The van der Waals surface area contributed by atoms with Crippen LogP contribution in [0.4, 0.5) is 10.3 Å².